The Balaban J connectivity index is 1.51. The molecule has 1 aliphatic rings. The predicted molar refractivity (Wildman–Crippen MR) is 99.4 cm³/mol. The van der Waals surface area contributed by atoms with Gasteiger partial charge in [-0.05, 0) is 59.5 Å². The Bertz CT molecular complexity index is 900. The Morgan fingerprint density at radius 1 is 1.04 bits per heavy atom. The molecule has 0 unspecified atom stereocenters. The molecule has 0 aliphatic heterocycles. The van der Waals surface area contributed by atoms with E-state index in [4.69, 9.17) is 0 Å². The van der Waals surface area contributed by atoms with Gasteiger partial charge in [0.25, 0.3) is 5.91 Å². The van der Waals surface area contributed by atoms with Gasteiger partial charge in [0.1, 0.15) is 5.82 Å². The molecular formula is C21H18FNOS. The van der Waals surface area contributed by atoms with Gasteiger partial charge in [-0.2, -0.15) is 0 Å². The summed E-state index contributed by atoms with van der Waals surface area (Å²) >= 11 is 1.43. The molecule has 1 atom stereocenters. The van der Waals surface area contributed by atoms with Crippen molar-refractivity contribution >= 4 is 17.2 Å². The van der Waals surface area contributed by atoms with Gasteiger partial charge < -0.3 is 5.32 Å². The van der Waals surface area contributed by atoms with E-state index in [1.807, 2.05) is 11.4 Å². The van der Waals surface area contributed by atoms with Crippen molar-refractivity contribution in [3.8, 4) is 11.1 Å². The summed E-state index contributed by atoms with van der Waals surface area (Å²) < 4.78 is 13.1. The molecule has 1 heterocycles. The topological polar surface area (TPSA) is 29.1 Å². The molecule has 4 rings (SSSR count). The van der Waals surface area contributed by atoms with Crippen molar-refractivity contribution in [2.45, 2.75) is 25.3 Å². The lowest BCUT2D eigenvalue weighted by atomic mass is 9.88. The maximum atomic E-state index is 13.1. The second-order valence-electron chi connectivity index (χ2n) is 6.35. The minimum absolute atomic E-state index is 0.0429. The molecule has 3 aromatic rings. The van der Waals surface area contributed by atoms with Crippen LogP contribution < -0.4 is 5.32 Å². The molecule has 25 heavy (non-hydrogen) atoms. The van der Waals surface area contributed by atoms with E-state index >= 15 is 0 Å². The first-order valence-electron chi connectivity index (χ1n) is 8.42. The Labute approximate surface area is 150 Å². The van der Waals surface area contributed by atoms with Gasteiger partial charge in [-0.25, -0.2) is 4.39 Å². The molecular weight excluding hydrogens is 333 g/mol. The number of hydrogen-bond donors (Lipinski definition) is 1. The van der Waals surface area contributed by atoms with Gasteiger partial charge in [-0.1, -0.05) is 36.4 Å². The number of hydrogen-bond acceptors (Lipinski definition) is 2. The number of amides is 1. The molecule has 0 spiro atoms. The van der Waals surface area contributed by atoms with Crippen molar-refractivity contribution < 1.29 is 9.18 Å². The van der Waals surface area contributed by atoms with Gasteiger partial charge in [0.05, 0.1) is 4.88 Å². The molecule has 2 nitrogen and oxygen atoms in total. The number of carbonyl (C=O) groups is 1. The number of aryl methyl sites for hydroxylation is 1. The molecule has 0 saturated heterocycles. The molecule has 1 aliphatic carbocycles. The molecule has 1 N–H and O–H groups in total. The number of halogens is 1. The maximum Gasteiger partial charge on any atom is 0.262 e. The van der Waals surface area contributed by atoms with Crippen molar-refractivity contribution in [1.82, 2.24) is 5.32 Å². The monoisotopic (exact) mass is 351 g/mol. The number of nitrogens with one attached hydrogen (secondary N) is 1. The van der Waals surface area contributed by atoms with Gasteiger partial charge >= 0.3 is 0 Å². The number of thiophene rings is 1. The summed E-state index contributed by atoms with van der Waals surface area (Å²) in [5.41, 5.74) is 4.43. The van der Waals surface area contributed by atoms with E-state index in [0.717, 1.165) is 30.4 Å². The molecule has 1 aromatic heterocycles. The Kier molecular flexibility index (Phi) is 4.36. The first-order chi connectivity index (χ1) is 12.2. The highest BCUT2D eigenvalue weighted by Crippen LogP contribution is 2.29. The van der Waals surface area contributed by atoms with Crippen LogP contribution in [0, 0.1) is 5.82 Å². The zero-order chi connectivity index (χ0) is 17.2. The van der Waals surface area contributed by atoms with E-state index in [1.54, 1.807) is 12.1 Å². The van der Waals surface area contributed by atoms with Crippen LogP contribution in [0.1, 0.15) is 27.2 Å². The minimum atomic E-state index is -0.272. The molecule has 0 radical (unpaired) electrons. The van der Waals surface area contributed by atoms with Crippen molar-refractivity contribution in [2.75, 3.05) is 0 Å². The summed E-state index contributed by atoms with van der Waals surface area (Å²) in [5, 5.41) is 5.09. The summed E-state index contributed by atoms with van der Waals surface area (Å²) in [5.74, 6) is -0.315. The van der Waals surface area contributed by atoms with E-state index in [-0.39, 0.29) is 17.8 Å². The molecule has 0 bridgehead atoms. The first kappa shape index (κ1) is 16.0. The molecule has 126 valence electrons. The van der Waals surface area contributed by atoms with Crippen LogP contribution in [-0.4, -0.2) is 11.9 Å². The third-order valence-corrected chi connectivity index (χ3v) is 5.62. The summed E-state index contributed by atoms with van der Waals surface area (Å²) in [6.07, 6.45) is 2.83. The average molecular weight is 351 g/mol. The van der Waals surface area contributed by atoms with E-state index in [2.05, 4.69) is 29.6 Å². The molecule has 2 aromatic carbocycles. The highest BCUT2D eigenvalue weighted by molar-refractivity contribution is 7.12. The lowest BCUT2D eigenvalue weighted by molar-refractivity contribution is 0.0938. The third-order valence-electron chi connectivity index (χ3n) is 4.71. The van der Waals surface area contributed by atoms with Crippen LogP contribution in [0.4, 0.5) is 4.39 Å². The lowest BCUT2D eigenvalue weighted by Crippen LogP contribution is -2.38. The fourth-order valence-corrected chi connectivity index (χ4v) is 4.23. The second kappa shape index (κ2) is 6.81. The maximum absolute atomic E-state index is 13.1. The summed E-state index contributed by atoms with van der Waals surface area (Å²) in [4.78, 5) is 13.5. The van der Waals surface area contributed by atoms with Crippen LogP contribution in [0.3, 0.4) is 0 Å². The van der Waals surface area contributed by atoms with E-state index in [9.17, 15) is 9.18 Å². The predicted octanol–water partition coefficient (Wildman–Crippen LogP) is 4.84. The zero-order valence-corrected chi connectivity index (χ0v) is 14.5. The number of fused-ring (bicyclic) bond motifs is 1. The first-order valence-corrected chi connectivity index (χ1v) is 9.30. The van der Waals surface area contributed by atoms with Crippen molar-refractivity contribution in [3.63, 3.8) is 0 Å². The van der Waals surface area contributed by atoms with E-state index in [0.29, 0.717) is 4.88 Å². The zero-order valence-electron chi connectivity index (χ0n) is 13.7. The smallest absolute Gasteiger partial charge is 0.262 e. The normalized spacial score (nSPS) is 16.3. The standard InChI is InChI=1S/C21H18FNOS/c22-17-8-5-15(6-9-17)19-11-12-25-20(19)21(24)23-18-10-7-14-3-1-2-4-16(14)13-18/h1-6,8-9,11-12,18H,7,10,13H2,(H,23,24)/t18-/m0/s1. The van der Waals surface area contributed by atoms with Crippen molar-refractivity contribution in [3.05, 3.63) is 81.8 Å². The number of rotatable bonds is 3. The van der Waals surface area contributed by atoms with Gasteiger partial charge in [0, 0.05) is 11.6 Å². The van der Waals surface area contributed by atoms with Crippen LogP contribution in [-0.2, 0) is 12.8 Å². The lowest BCUT2D eigenvalue weighted by Gasteiger charge is -2.25. The largest absolute Gasteiger partial charge is 0.348 e. The minimum Gasteiger partial charge on any atom is -0.348 e. The van der Waals surface area contributed by atoms with Crippen molar-refractivity contribution in [1.29, 1.82) is 0 Å². The highest BCUT2D eigenvalue weighted by Gasteiger charge is 2.22. The fourth-order valence-electron chi connectivity index (χ4n) is 3.41. The summed E-state index contributed by atoms with van der Waals surface area (Å²) in [6, 6.07) is 16.8. The van der Waals surface area contributed by atoms with Crippen molar-refractivity contribution in [2.24, 2.45) is 0 Å². The van der Waals surface area contributed by atoms with Crippen LogP contribution in [0.2, 0.25) is 0 Å². The van der Waals surface area contributed by atoms with Gasteiger partial charge in [-0.15, -0.1) is 11.3 Å². The molecule has 1 amide bonds. The van der Waals surface area contributed by atoms with Crippen LogP contribution >= 0.6 is 11.3 Å². The molecule has 0 saturated carbocycles. The van der Waals surface area contributed by atoms with Gasteiger partial charge in [0.2, 0.25) is 0 Å². The number of benzene rings is 2. The second-order valence-corrected chi connectivity index (χ2v) is 7.27. The van der Waals surface area contributed by atoms with Crippen LogP contribution in [0.25, 0.3) is 11.1 Å². The summed E-state index contributed by atoms with van der Waals surface area (Å²) in [6.45, 7) is 0. The van der Waals surface area contributed by atoms with E-state index in [1.165, 1.54) is 34.6 Å². The third kappa shape index (κ3) is 3.35. The summed E-state index contributed by atoms with van der Waals surface area (Å²) in [7, 11) is 0. The van der Waals surface area contributed by atoms with E-state index < -0.39 is 0 Å². The Morgan fingerprint density at radius 2 is 1.80 bits per heavy atom. The number of carbonyl (C=O) groups excluding carboxylic acids is 1. The SMILES string of the molecule is O=C(N[C@H]1CCc2ccccc2C1)c1sccc1-c1ccc(F)cc1. The fraction of sp³-hybridized carbons (Fsp3) is 0.190. The van der Waals surface area contributed by atoms with Gasteiger partial charge in [-0.3, -0.25) is 4.79 Å². The van der Waals surface area contributed by atoms with Crippen LogP contribution in [0.5, 0.6) is 0 Å². The quantitative estimate of drug-likeness (QED) is 0.719. The molecule has 0 fully saturated rings. The Morgan fingerprint density at radius 3 is 2.60 bits per heavy atom. The van der Waals surface area contributed by atoms with Crippen LogP contribution in [0.15, 0.2) is 60.0 Å². The highest BCUT2D eigenvalue weighted by atomic mass is 32.1. The Hall–Kier alpha value is -2.46. The average Bonchev–Trinajstić information content (AvgIpc) is 3.12. The molecule has 4 heteroatoms. The van der Waals surface area contributed by atoms with Gasteiger partial charge in [0.15, 0.2) is 0 Å².